The molecule has 0 spiro atoms. The van der Waals surface area contributed by atoms with E-state index in [1.54, 1.807) is 0 Å². The van der Waals surface area contributed by atoms with Crippen LogP contribution in [0.15, 0.2) is 0 Å². The molecule has 4 nitrogen and oxygen atoms in total. The van der Waals surface area contributed by atoms with Gasteiger partial charge in [-0.25, -0.2) is 0 Å². The zero-order chi connectivity index (χ0) is 28.6. The van der Waals surface area contributed by atoms with Gasteiger partial charge in [0.15, 0.2) is 0 Å². The molecule has 0 radical (unpaired) electrons. The van der Waals surface area contributed by atoms with Gasteiger partial charge in [0.05, 0.1) is 0 Å². The molecule has 0 atom stereocenters. The minimum atomic E-state index is -9.23. The van der Waals surface area contributed by atoms with Crippen LogP contribution in [0.4, 0.5) is 83.4 Å². The van der Waals surface area contributed by atoms with Gasteiger partial charge in [-0.1, -0.05) is 0 Å². The molecule has 0 saturated carbocycles. The number of rotatable bonds is 10. The van der Waals surface area contributed by atoms with Crippen LogP contribution < -0.4 is 0 Å². The average Bonchev–Trinajstić information content (AvgIpc) is 2.58. The molecule has 24 heteroatoms. The third-order valence-corrected chi connectivity index (χ3v) is 4.60. The fraction of sp³-hybridized carbons (Fsp3) is 0.900. The van der Waals surface area contributed by atoms with Crippen molar-refractivity contribution < 1.29 is 101 Å². The number of carbonyl (C=O) groups is 1. The van der Waals surface area contributed by atoms with Crippen LogP contribution in [0.3, 0.4) is 0 Å². The third kappa shape index (κ3) is 3.56. The maximum absolute atomic E-state index is 13.3. The summed E-state index contributed by atoms with van der Waals surface area (Å²) in [5, 5.41) is -8.00. The molecule has 0 unspecified atom stereocenters. The SMILES string of the molecule is O=C(F)C(F)(F)C(F)(F)C(F)(F)C(F)(F)C(F)(F)C(F)(F)C(F)(F)C(F)(F)C(F)(F)S(=O)(=O)O. The number of hydrogen-bond donors (Lipinski definition) is 1. The molecule has 0 amide bonds. The van der Waals surface area contributed by atoms with Crippen LogP contribution in [0.1, 0.15) is 0 Å². The number of alkyl halides is 18. The Balaban J connectivity index is 7.17. The summed E-state index contributed by atoms with van der Waals surface area (Å²) in [6.45, 7) is 0. The Bertz CT molecular complexity index is 919. The molecule has 0 aliphatic rings. The lowest BCUT2D eigenvalue weighted by molar-refractivity contribution is -0.457. The van der Waals surface area contributed by atoms with E-state index in [1.807, 2.05) is 0 Å². The van der Waals surface area contributed by atoms with Crippen molar-refractivity contribution in [1.29, 1.82) is 0 Å². The topological polar surface area (TPSA) is 71.4 Å². The first-order valence-corrected chi connectivity index (χ1v) is 8.20. The van der Waals surface area contributed by atoms with Crippen molar-refractivity contribution >= 4 is 16.2 Å². The number of hydrogen-bond acceptors (Lipinski definition) is 3. The molecule has 0 bridgehead atoms. The normalized spacial score (nSPS) is 16.6. The van der Waals surface area contributed by atoms with Gasteiger partial charge >= 0.3 is 68.8 Å². The summed E-state index contributed by atoms with van der Waals surface area (Å²) in [7, 11) is -8.04. The van der Waals surface area contributed by atoms with E-state index in [-0.39, 0.29) is 0 Å². The number of carbonyl (C=O) groups excluding carboxylic acids is 1. The van der Waals surface area contributed by atoms with Crippen molar-refractivity contribution in [3.8, 4) is 0 Å². The maximum Gasteiger partial charge on any atom is 0.438 e. The maximum atomic E-state index is 13.3. The van der Waals surface area contributed by atoms with Gasteiger partial charge in [-0.05, 0) is 0 Å². The zero-order valence-corrected chi connectivity index (χ0v) is 15.1. The highest BCUT2D eigenvalue weighted by Gasteiger charge is 2.97. The van der Waals surface area contributed by atoms with E-state index in [0.717, 1.165) is 0 Å². The van der Waals surface area contributed by atoms with Gasteiger partial charge in [0, 0.05) is 0 Å². The Morgan fingerprint density at radius 3 is 0.882 bits per heavy atom. The molecule has 0 aromatic carbocycles. The first-order valence-electron chi connectivity index (χ1n) is 6.76. The van der Waals surface area contributed by atoms with Crippen molar-refractivity contribution in [2.24, 2.45) is 0 Å². The Labute approximate surface area is 171 Å². The average molecular weight is 578 g/mol. The smallest absolute Gasteiger partial charge is 0.281 e. The van der Waals surface area contributed by atoms with E-state index >= 15 is 0 Å². The van der Waals surface area contributed by atoms with Crippen molar-refractivity contribution in [2.45, 2.75) is 52.6 Å². The van der Waals surface area contributed by atoms with E-state index < -0.39 is 68.8 Å². The fourth-order valence-electron chi connectivity index (χ4n) is 1.65. The number of halogens is 19. The van der Waals surface area contributed by atoms with Gasteiger partial charge in [0.2, 0.25) is 0 Å². The molecule has 1 N–H and O–H groups in total. The van der Waals surface area contributed by atoms with E-state index in [4.69, 9.17) is 4.55 Å². The molecule has 0 saturated heterocycles. The van der Waals surface area contributed by atoms with E-state index in [2.05, 4.69) is 0 Å². The van der Waals surface area contributed by atoms with Crippen LogP contribution in [0, 0.1) is 0 Å². The largest absolute Gasteiger partial charge is 0.438 e. The van der Waals surface area contributed by atoms with E-state index in [1.165, 1.54) is 0 Å². The second kappa shape index (κ2) is 7.62. The monoisotopic (exact) mass is 578 g/mol. The Hall–Kier alpha value is -1.75. The Morgan fingerprint density at radius 1 is 0.471 bits per heavy atom. The van der Waals surface area contributed by atoms with Crippen molar-refractivity contribution in [1.82, 2.24) is 0 Å². The molecule has 0 fully saturated rings. The van der Waals surface area contributed by atoms with Crippen molar-refractivity contribution in [3.05, 3.63) is 0 Å². The van der Waals surface area contributed by atoms with Crippen LogP contribution >= 0.6 is 0 Å². The molecular formula is C10HF19O4S. The first kappa shape index (κ1) is 32.2. The lowest BCUT2D eigenvalue weighted by Crippen LogP contribution is -2.76. The second-order valence-electron chi connectivity index (χ2n) is 5.86. The summed E-state index contributed by atoms with van der Waals surface area (Å²) in [4.78, 5) is 9.63. The van der Waals surface area contributed by atoms with E-state index in [9.17, 15) is 96.6 Å². The van der Waals surface area contributed by atoms with Crippen LogP contribution in [-0.2, 0) is 14.9 Å². The van der Waals surface area contributed by atoms with Crippen molar-refractivity contribution in [3.63, 3.8) is 0 Å². The highest BCUT2D eigenvalue weighted by molar-refractivity contribution is 7.87. The lowest BCUT2D eigenvalue weighted by atomic mass is 9.87. The van der Waals surface area contributed by atoms with Crippen LogP contribution in [0.2, 0.25) is 0 Å². The first-order chi connectivity index (χ1) is 14.2. The third-order valence-electron chi connectivity index (χ3n) is 3.70. The van der Waals surface area contributed by atoms with Gasteiger partial charge in [0.1, 0.15) is 0 Å². The van der Waals surface area contributed by atoms with Gasteiger partial charge in [-0.2, -0.15) is 91.8 Å². The molecule has 0 aliphatic carbocycles. The summed E-state index contributed by atoms with van der Waals surface area (Å²) in [5.41, 5.74) is 0. The van der Waals surface area contributed by atoms with Gasteiger partial charge in [-0.3, -0.25) is 9.35 Å². The summed E-state index contributed by atoms with van der Waals surface area (Å²) < 4.78 is 275. The van der Waals surface area contributed by atoms with Gasteiger partial charge in [-0.15, -0.1) is 0 Å². The molecule has 34 heavy (non-hydrogen) atoms. The molecule has 0 aliphatic heterocycles. The zero-order valence-electron chi connectivity index (χ0n) is 14.3. The molecular weight excluding hydrogens is 577 g/mol. The predicted molar refractivity (Wildman–Crippen MR) is 62.2 cm³/mol. The van der Waals surface area contributed by atoms with Gasteiger partial charge < -0.3 is 0 Å². The molecule has 0 heterocycles. The molecule has 204 valence electrons. The predicted octanol–water partition coefficient (Wildman–Crippen LogP) is 5.05. The highest BCUT2D eigenvalue weighted by atomic mass is 32.2. The lowest BCUT2D eigenvalue weighted by Gasteiger charge is -2.43. The van der Waals surface area contributed by atoms with Crippen LogP contribution in [-0.4, -0.2) is 71.6 Å². The minimum absolute atomic E-state index is 5.02. The second-order valence-corrected chi connectivity index (χ2v) is 7.32. The summed E-state index contributed by atoms with van der Waals surface area (Å²) in [6, 6.07) is -5.02. The molecule has 0 aromatic heterocycles. The van der Waals surface area contributed by atoms with Gasteiger partial charge in [0.25, 0.3) is 0 Å². The van der Waals surface area contributed by atoms with Crippen LogP contribution in [0.25, 0.3) is 0 Å². The quantitative estimate of drug-likeness (QED) is 0.224. The summed E-state index contributed by atoms with van der Waals surface area (Å²) in [5.74, 6) is -70.5. The highest BCUT2D eigenvalue weighted by Crippen LogP contribution is 2.65. The van der Waals surface area contributed by atoms with E-state index in [0.29, 0.717) is 0 Å². The fourth-order valence-corrected chi connectivity index (χ4v) is 2.10. The molecule has 0 aromatic rings. The molecule has 0 rings (SSSR count). The minimum Gasteiger partial charge on any atom is -0.281 e. The summed E-state index contributed by atoms with van der Waals surface area (Å²) >= 11 is 0. The Morgan fingerprint density at radius 2 is 0.676 bits per heavy atom. The van der Waals surface area contributed by atoms with Crippen LogP contribution in [0.5, 0.6) is 0 Å². The standard InChI is InChI=1S/C10HF19O4S/c11-1(30)2(12,13)3(14,15)4(16,17)5(18,19)6(20,21)7(22,23)8(24,25)9(26,27)10(28,29)34(31,32)33/h(H,31,32,33). The Kier molecular flexibility index (Phi) is 7.23. The van der Waals surface area contributed by atoms with Crippen molar-refractivity contribution in [2.75, 3.05) is 0 Å². The summed E-state index contributed by atoms with van der Waals surface area (Å²) in [6.07, 6.45) is 0.